The van der Waals surface area contributed by atoms with Crippen LogP contribution in [0, 0.1) is 58.2 Å². The van der Waals surface area contributed by atoms with Crippen LogP contribution in [0.4, 0.5) is 0 Å². The normalized spacial score (nSPS) is 61.8. The van der Waals surface area contributed by atoms with Gasteiger partial charge in [0.25, 0.3) is 0 Å². The van der Waals surface area contributed by atoms with Crippen LogP contribution in [-0.2, 0) is 0 Å². The Kier molecular flexibility index (Phi) is 2.52. The summed E-state index contributed by atoms with van der Waals surface area (Å²) in [6, 6.07) is 0. The van der Waals surface area contributed by atoms with Gasteiger partial charge in [0.15, 0.2) is 0 Å². The van der Waals surface area contributed by atoms with E-state index in [-0.39, 0.29) is 0 Å². The second kappa shape index (κ2) is 4.20. The molecule has 0 heteroatoms. The molecule has 8 saturated carbocycles. The van der Waals surface area contributed by atoms with Crippen molar-refractivity contribution >= 4 is 0 Å². The minimum absolute atomic E-state index is 0.572. The monoisotopic (exact) mass is 308 g/mol. The average Bonchev–Trinajstić information content (AvgIpc) is 2.44. The Labute approximate surface area is 142 Å². The Balaban J connectivity index is 1.43. The fraction of sp³-hybridized carbons (Fsp3) is 0.913. The Morgan fingerprint density at radius 2 is 1.13 bits per heavy atom. The summed E-state index contributed by atoms with van der Waals surface area (Å²) in [5.41, 5.74) is 2.06. The van der Waals surface area contributed by atoms with Crippen LogP contribution in [0.1, 0.15) is 83.5 Å². The summed E-state index contributed by atoms with van der Waals surface area (Å²) in [5.74, 6) is 8.52. The van der Waals surface area contributed by atoms with Crippen molar-refractivity contribution in [3.8, 4) is 12.3 Å². The molecule has 0 heterocycles. The van der Waals surface area contributed by atoms with E-state index in [9.17, 15) is 0 Å². The van der Waals surface area contributed by atoms with Gasteiger partial charge in [0.1, 0.15) is 0 Å². The first-order valence-corrected chi connectivity index (χ1v) is 10.6. The van der Waals surface area contributed by atoms with Gasteiger partial charge >= 0.3 is 0 Å². The predicted octanol–water partition coefficient (Wildman–Crippen LogP) is 5.81. The van der Waals surface area contributed by atoms with Crippen molar-refractivity contribution in [2.24, 2.45) is 45.8 Å². The van der Waals surface area contributed by atoms with Gasteiger partial charge in [-0.25, -0.2) is 0 Å². The Morgan fingerprint density at radius 3 is 1.65 bits per heavy atom. The van der Waals surface area contributed by atoms with Crippen molar-refractivity contribution in [1.82, 2.24) is 0 Å². The summed E-state index contributed by atoms with van der Waals surface area (Å²) < 4.78 is 0. The molecule has 8 aliphatic rings. The summed E-state index contributed by atoms with van der Waals surface area (Å²) >= 11 is 0. The van der Waals surface area contributed by atoms with E-state index < -0.39 is 0 Å². The summed E-state index contributed by atoms with van der Waals surface area (Å²) in [5, 5.41) is 0. The summed E-state index contributed by atoms with van der Waals surface area (Å²) in [6.07, 6.45) is 25.8. The minimum atomic E-state index is 0.572. The molecule has 2 unspecified atom stereocenters. The zero-order chi connectivity index (χ0) is 15.3. The quantitative estimate of drug-likeness (QED) is 0.564. The molecule has 8 fully saturated rings. The zero-order valence-electron chi connectivity index (χ0n) is 14.7. The van der Waals surface area contributed by atoms with Crippen molar-refractivity contribution < 1.29 is 0 Å². The van der Waals surface area contributed by atoms with Crippen molar-refractivity contribution in [3.05, 3.63) is 0 Å². The molecule has 0 N–H and O–H groups in total. The first-order valence-electron chi connectivity index (χ1n) is 10.6. The molecular weight excluding hydrogens is 276 g/mol. The van der Waals surface area contributed by atoms with E-state index in [2.05, 4.69) is 5.92 Å². The highest BCUT2D eigenvalue weighted by Crippen LogP contribution is 2.77. The molecule has 0 amide bonds. The van der Waals surface area contributed by atoms with E-state index in [1.807, 2.05) is 0 Å². The molecule has 0 spiro atoms. The summed E-state index contributed by atoms with van der Waals surface area (Å²) in [7, 11) is 0. The maximum absolute atomic E-state index is 5.85. The highest BCUT2D eigenvalue weighted by atomic mass is 14.7. The van der Waals surface area contributed by atoms with Crippen LogP contribution in [0.2, 0.25) is 0 Å². The maximum atomic E-state index is 5.85. The lowest BCUT2D eigenvalue weighted by Crippen LogP contribution is -2.62. The first-order chi connectivity index (χ1) is 11.1. The zero-order valence-corrected chi connectivity index (χ0v) is 14.7. The molecule has 8 aliphatic carbocycles. The second-order valence-corrected chi connectivity index (χ2v) is 11.3. The largest absolute Gasteiger partial charge is 0.120 e. The fourth-order valence-corrected chi connectivity index (χ4v) is 10.3. The highest BCUT2D eigenvalue weighted by molar-refractivity contribution is 5.18. The topological polar surface area (TPSA) is 0 Å². The summed E-state index contributed by atoms with van der Waals surface area (Å²) in [4.78, 5) is 0. The van der Waals surface area contributed by atoms with Crippen molar-refractivity contribution in [2.75, 3.05) is 0 Å². The Hall–Kier alpha value is -0.440. The van der Waals surface area contributed by atoms with E-state index in [0.29, 0.717) is 5.41 Å². The van der Waals surface area contributed by atoms with Crippen LogP contribution in [0.25, 0.3) is 0 Å². The standard InChI is InChI=1S/C23H32/c1-2-3-21-8-19-7-20(9-21)14-23(13-19,15-21)22-10-16-4-17(11-22)6-18(5-16)12-22/h1,16-20H,3-15H2. The van der Waals surface area contributed by atoms with Crippen molar-refractivity contribution in [2.45, 2.75) is 83.5 Å². The van der Waals surface area contributed by atoms with Crippen LogP contribution in [0.15, 0.2) is 0 Å². The lowest BCUT2D eigenvalue weighted by molar-refractivity contribution is -0.220. The molecule has 124 valence electrons. The molecule has 0 aromatic carbocycles. The molecule has 0 radical (unpaired) electrons. The van der Waals surface area contributed by atoms with Gasteiger partial charge in [-0.2, -0.15) is 0 Å². The number of hydrogen-bond acceptors (Lipinski definition) is 0. The van der Waals surface area contributed by atoms with Crippen molar-refractivity contribution in [1.29, 1.82) is 0 Å². The lowest BCUT2D eigenvalue weighted by atomic mass is 9.33. The molecule has 8 bridgehead atoms. The molecular formula is C23H32. The third-order valence-electron chi connectivity index (χ3n) is 9.82. The maximum Gasteiger partial charge on any atom is 0.0143 e. The van der Waals surface area contributed by atoms with E-state index in [4.69, 9.17) is 6.42 Å². The van der Waals surface area contributed by atoms with Gasteiger partial charge in [-0.05, 0) is 123 Å². The van der Waals surface area contributed by atoms with Gasteiger partial charge in [-0.1, -0.05) is 0 Å². The number of hydrogen-bond donors (Lipinski definition) is 0. The summed E-state index contributed by atoms with van der Waals surface area (Å²) in [6.45, 7) is 0. The molecule has 0 saturated heterocycles. The Bertz CT molecular complexity index is 526. The van der Waals surface area contributed by atoms with E-state index >= 15 is 0 Å². The van der Waals surface area contributed by atoms with Crippen LogP contribution in [0.5, 0.6) is 0 Å². The SMILES string of the molecule is C#CCC12CC3CC(C1)CC(C14CC5CC(CC(C5)C1)C4)(C3)C2. The van der Waals surface area contributed by atoms with Gasteiger partial charge in [0.05, 0.1) is 0 Å². The first kappa shape index (κ1) is 13.8. The smallest absolute Gasteiger partial charge is 0.0143 e. The van der Waals surface area contributed by atoms with Crippen LogP contribution >= 0.6 is 0 Å². The van der Waals surface area contributed by atoms with Gasteiger partial charge in [0, 0.05) is 6.42 Å². The van der Waals surface area contributed by atoms with E-state index in [1.54, 1.807) is 57.8 Å². The van der Waals surface area contributed by atoms with Crippen LogP contribution in [-0.4, -0.2) is 0 Å². The third-order valence-corrected chi connectivity index (χ3v) is 9.82. The van der Waals surface area contributed by atoms with Gasteiger partial charge in [-0.3, -0.25) is 0 Å². The molecule has 8 rings (SSSR count). The van der Waals surface area contributed by atoms with Gasteiger partial charge in [-0.15, -0.1) is 12.3 Å². The van der Waals surface area contributed by atoms with Gasteiger partial charge < -0.3 is 0 Å². The molecule has 23 heavy (non-hydrogen) atoms. The molecule has 0 aliphatic heterocycles. The lowest BCUT2D eigenvalue weighted by Gasteiger charge is -2.72. The fourth-order valence-electron chi connectivity index (χ4n) is 10.3. The molecule has 0 nitrogen and oxygen atoms in total. The third kappa shape index (κ3) is 1.70. The molecule has 0 aromatic rings. The van der Waals surface area contributed by atoms with E-state index in [0.717, 1.165) is 46.8 Å². The predicted molar refractivity (Wildman–Crippen MR) is 93.6 cm³/mol. The van der Waals surface area contributed by atoms with Crippen LogP contribution < -0.4 is 0 Å². The second-order valence-electron chi connectivity index (χ2n) is 11.3. The number of rotatable bonds is 2. The molecule has 0 aromatic heterocycles. The van der Waals surface area contributed by atoms with Crippen molar-refractivity contribution in [3.63, 3.8) is 0 Å². The van der Waals surface area contributed by atoms with Gasteiger partial charge in [0.2, 0.25) is 0 Å². The minimum Gasteiger partial charge on any atom is -0.120 e. The Morgan fingerprint density at radius 1 is 0.652 bits per heavy atom. The van der Waals surface area contributed by atoms with E-state index in [1.165, 1.54) is 19.3 Å². The molecule has 2 atom stereocenters. The highest BCUT2D eigenvalue weighted by Gasteiger charge is 2.67. The average molecular weight is 309 g/mol. The van der Waals surface area contributed by atoms with Crippen LogP contribution in [0.3, 0.4) is 0 Å². The number of terminal acetylenes is 1.